The van der Waals surface area contributed by atoms with Gasteiger partial charge >= 0.3 is 0 Å². The van der Waals surface area contributed by atoms with E-state index in [2.05, 4.69) is 35.8 Å². The molecule has 0 aliphatic heterocycles. The molecular weight excluding hydrogens is 236 g/mol. The third-order valence-electron chi connectivity index (χ3n) is 3.39. The van der Waals surface area contributed by atoms with Crippen LogP contribution in [0.15, 0.2) is 47.2 Å². The zero-order chi connectivity index (χ0) is 13.8. The van der Waals surface area contributed by atoms with E-state index in [1.807, 2.05) is 24.3 Å². The summed E-state index contributed by atoms with van der Waals surface area (Å²) >= 11 is 0. The molecule has 0 atom stereocenters. The fraction of sp³-hybridized carbons (Fsp3) is 0.267. The van der Waals surface area contributed by atoms with Crippen molar-refractivity contribution >= 4 is 16.7 Å². The van der Waals surface area contributed by atoms with Gasteiger partial charge in [-0.05, 0) is 37.6 Å². The summed E-state index contributed by atoms with van der Waals surface area (Å²) in [5, 5.41) is 11.8. The van der Waals surface area contributed by atoms with Crippen LogP contribution in [0.3, 0.4) is 0 Å². The van der Waals surface area contributed by atoms with Gasteiger partial charge in [-0.15, -0.1) is 5.11 Å². The molecule has 0 aliphatic carbocycles. The molecule has 0 radical (unpaired) electrons. The first-order valence-electron chi connectivity index (χ1n) is 6.39. The molecule has 0 aliphatic rings. The van der Waals surface area contributed by atoms with Gasteiger partial charge in [0.1, 0.15) is 0 Å². The van der Waals surface area contributed by atoms with Crippen molar-refractivity contribution in [1.29, 1.82) is 10.9 Å². The van der Waals surface area contributed by atoms with Crippen molar-refractivity contribution in [2.75, 3.05) is 0 Å². The van der Waals surface area contributed by atoms with Gasteiger partial charge in [0.2, 0.25) is 0 Å². The van der Waals surface area contributed by atoms with Crippen molar-refractivity contribution in [3.63, 3.8) is 0 Å². The average molecular weight is 254 g/mol. The molecule has 2 N–H and O–H groups in total. The molecule has 19 heavy (non-hydrogen) atoms. The van der Waals surface area contributed by atoms with Crippen LogP contribution in [-0.2, 0) is 6.54 Å². The molecule has 0 amide bonds. The van der Waals surface area contributed by atoms with Gasteiger partial charge in [0.25, 0.3) is 0 Å². The Morgan fingerprint density at radius 1 is 1.37 bits per heavy atom. The molecule has 0 fully saturated rings. The highest BCUT2D eigenvalue weighted by molar-refractivity contribution is 5.99. The zero-order valence-electron chi connectivity index (χ0n) is 11.3. The second-order valence-corrected chi connectivity index (χ2v) is 4.48. The fourth-order valence-electron chi connectivity index (χ4n) is 2.18. The van der Waals surface area contributed by atoms with Gasteiger partial charge in [-0.1, -0.05) is 18.6 Å². The monoisotopic (exact) mass is 254 g/mol. The summed E-state index contributed by atoms with van der Waals surface area (Å²) in [7, 11) is 0. The average Bonchev–Trinajstić information content (AvgIpc) is 2.85. The summed E-state index contributed by atoms with van der Waals surface area (Å²) in [5.41, 5.74) is 10.1. The summed E-state index contributed by atoms with van der Waals surface area (Å²) < 4.78 is 2.21. The lowest BCUT2D eigenvalue weighted by Crippen LogP contribution is -1.99. The molecule has 4 nitrogen and oxygen atoms in total. The molecule has 1 aromatic heterocycles. The Balaban J connectivity index is 2.39. The van der Waals surface area contributed by atoms with Crippen molar-refractivity contribution in [2.24, 2.45) is 5.11 Å². The highest BCUT2D eigenvalue weighted by atomic mass is 15.0. The van der Waals surface area contributed by atoms with Crippen LogP contribution in [0.1, 0.15) is 25.8 Å². The predicted molar refractivity (Wildman–Crippen MR) is 78.0 cm³/mol. The summed E-state index contributed by atoms with van der Waals surface area (Å²) in [6.45, 7) is 5.13. The number of hydrogen-bond acceptors (Lipinski definition) is 2. The Hall–Kier alpha value is -2.23. The Bertz CT molecular complexity index is 649. The number of fused-ring (bicyclic) bond motifs is 1. The van der Waals surface area contributed by atoms with Gasteiger partial charge in [0, 0.05) is 29.2 Å². The Morgan fingerprint density at radius 2 is 2.16 bits per heavy atom. The number of benzene rings is 1. The third-order valence-corrected chi connectivity index (χ3v) is 3.39. The zero-order valence-corrected chi connectivity index (χ0v) is 11.3. The number of allylic oxidation sites excluding steroid dienone is 2. The second kappa shape index (κ2) is 5.61. The normalized spacial score (nSPS) is 11.8. The largest absolute Gasteiger partial charge is 0.343 e. The summed E-state index contributed by atoms with van der Waals surface area (Å²) in [4.78, 5) is 0. The number of amidine groups is 1. The smallest absolute Gasteiger partial charge is 0.173 e. The molecule has 0 saturated carbocycles. The van der Waals surface area contributed by atoms with E-state index < -0.39 is 0 Å². The van der Waals surface area contributed by atoms with Crippen LogP contribution in [0.25, 0.3) is 10.9 Å². The topological polar surface area (TPSA) is 65.0 Å². The molecule has 0 spiro atoms. The van der Waals surface area contributed by atoms with Crippen molar-refractivity contribution in [3.05, 3.63) is 47.7 Å². The van der Waals surface area contributed by atoms with Gasteiger partial charge in [-0.3, -0.25) is 5.41 Å². The molecule has 0 bridgehead atoms. The first kappa shape index (κ1) is 13.2. The van der Waals surface area contributed by atoms with Crippen molar-refractivity contribution < 1.29 is 0 Å². The molecule has 98 valence electrons. The van der Waals surface area contributed by atoms with Crippen molar-refractivity contribution in [1.82, 2.24) is 4.57 Å². The minimum atomic E-state index is -0.00245. The maximum atomic E-state index is 7.56. The summed E-state index contributed by atoms with van der Waals surface area (Å²) in [6.07, 6.45) is 5.28. The molecule has 4 heteroatoms. The first-order valence-corrected chi connectivity index (χ1v) is 6.39. The number of aromatic nitrogens is 1. The van der Waals surface area contributed by atoms with Crippen molar-refractivity contribution in [3.8, 4) is 0 Å². The number of nitrogens with zero attached hydrogens (tertiary/aromatic N) is 2. The quantitative estimate of drug-likeness (QED) is 0.352. The summed E-state index contributed by atoms with van der Waals surface area (Å²) in [5.74, 6) is -0.00245. The minimum Gasteiger partial charge on any atom is -0.343 e. The van der Waals surface area contributed by atoms with Crippen LogP contribution >= 0.6 is 0 Å². The number of hydrogen-bond donors (Lipinski definition) is 2. The molecule has 2 aromatic rings. The lowest BCUT2D eigenvalue weighted by molar-refractivity contribution is 0.785. The number of nitrogens with one attached hydrogen (secondary N) is 2. The van der Waals surface area contributed by atoms with Crippen LogP contribution in [0, 0.1) is 10.9 Å². The van der Waals surface area contributed by atoms with E-state index >= 15 is 0 Å². The molecule has 2 rings (SSSR count). The lowest BCUT2D eigenvalue weighted by Gasteiger charge is -2.08. The van der Waals surface area contributed by atoms with Gasteiger partial charge in [-0.25, -0.2) is 5.53 Å². The maximum absolute atomic E-state index is 7.56. The van der Waals surface area contributed by atoms with Crippen LogP contribution < -0.4 is 0 Å². The lowest BCUT2D eigenvalue weighted by atomic mass is 10.1. The fourth-order valence-corrected chi connectivity index (χ4v) is 2.18. The van der Waals surface area contributed by atoms with E-state index in [0.29, 0.717) is 5.56 Å². The van der Waals surface area contributed by atoms with Crippen LogP contribution in [0.5, 0.6) is 0 Å². The maximum Gasteiger partial charge on any atom is 0.173 e. The highest BCUT2D eigenvalue weighted by Crippen LogP contribution is 2.20. The Labute approximate surface area is 112 Å². The SMILES string of the molecule is C/C=C(\CC)Cn1ccc2cc(C(=N)N=N)ccc21. The second-order valence-electron chi connectivity index (χ2n) is 4.48. The van der Waals surface area contributed by atoms with Gasteiger partial charge in [0.15, 0.2) is 5.84 Å². The van der Waals surface area contributed by atoms with Crippen LogP contribution in [0.2, 0.25) is 0 Å². The molecule has 1 aromatic carbocycles. The number of rotatable bonds is 4. The van der Waals surface area contributed by atoms with E-state index in [1.165, 1.54) is 5.57 Å². The van der Waals surface area contributed by atoms with E-state index in [9.17, 15) is 0 Å². The van der Waals surface area contributed by atoms with Crippen molar-refractivity contribution in [2.45, 2.75) is 26.8 Å². The van der Waals surface area contributed by atoms with Gasteiger partial charge in [0.05, 0.1) is 0 Å². The van der Waals surface area contributed by atoms with Gasteiger partial charge in [-0.2, -0.15) is 0 Å². The Kier molecular flexibility index (Phi) is 3.90. The Morgan fingerprint density at radius 3 is 2.79 bits per heavy atom. The minimum absolute atomic E-state index is 0.00245. The summed E-state index contributed by atoms with van der Waals surface area (Å²) in [6, 6.07) is 7.79. The third kappa shape index (κ3) is 2.62. The molecule has 1 heterocycles. The van der Waals surface area contributed by atoms with Crippen LogP contribution in [-0.4, -0.2) is 10.4 Å². The van der Waals surface area contributed by atoms with Gasteiger partial charge < -0.3 is 4.57 Å². The van der Waals surface area contributed by atoms with E-state index in [0.717, 1.165) is 23.9 Å². The predicted octanol–water partition coefficient (Wildman–Crippen LogP) is 4.35. The molecule has 0 unspecified atom stereocenters. The first-order chi connectivity index (χ1) is 9.19. The standard InChI is InChI=1S/C15H18N4/c1-3-11(4-2)10-19-8-7-12-9-13(15(16)18-17)5-6-14(12)19/h3,5-9,16-17H,4,10H2,1-2H3/b11-3+,16-15?,18-17?. The van der Waals surface area contributed by atoms with E-state index in [1.54, 1.807) is 0 Å². The highest BCUT2D eigenvalue weighted by Gasteiger charge is 2.05. The van der Waals surface area contributed by atoms with E-state index in [4.69, 9.17) is 10.9 Å². The molecular formula is C15H18N4. The van der Waals surface area contributed by atoms with Crippen LogP contribution in [0.4, 0.5) is 0 Å². The van der Waals surface area contributed by atoms with E-state index in [-0.39, 0.29) is 5.84 Å². The molecule has 0 saturated heterocycles.